The Morgan fingerprint density at radius 2 is 1.47 bits per heavy atom. The Balaban J connectivity index is 1.91. The van der Waals surface area contributed by atoms with Gasteiger partial charge in [0.15, 0.2) is 11.5 Å². The van der Waals surface area contributed by atoms with Gasteiger partial charge in [0.25, 0.3) is 5.91 Å². The third-order valence-corrected chi connectivity index (χ3v) is 6.38. The van der Waals surface area contributed by atoms with Gasteiger partial charge in [-0.1, -0.05) is 11.8 Å². The molecule has 9 heteroatoms. The first-order valence-corrected chi connectivity index (χ1v) is 11.9. The molecule has 34 heavy (non-hydrogen) atoms. The van der Waals surface area contributed by atoms with Gasteiger partial charge < -0.3 is 18.9 Å². The topological polar surface area (TPSA) is 96.3 Å². The number of carbonyl (C=O) groups excluding carboxylic acids is 1. The maximum atomic E-state index is 13.2. The Hall–Kier alpha value is -4.03. The molecular formula is C25H24N2O6S. The minimum absolute atomic E-state index is 0.171. The van der Waals surface area contributed by atoms with E-state index in [9.17, 15) is 9.00 Å². The van der Waals surface area contributed by atoms with Gasteiger partial charge in [0.05, 0.1) is 48.6 Å². The van der Waals surface area contributed by atoms with Crippen molar-refractivity contribution in [2.75, 3.05) is 34.7 Å². The molecule has 0 bridgehead atoms. The Morgan fingerprint density at radius 3 is 2.09 bits per heavy atom. The van der Waals surface area contributed by atoms with Crippen molar-refractivity contribution >= 4 is 15.6 Å². The molecule has 2 aromatic carbocycles. The number of hydrogen-bond donors (Lipinski definition) is 0. The van der Waals surface area contributed by atoms with Crippen LogP contribution in [0.3, 0.4) is 0 Å². The largest absolute Gasteiger partial charge is 0.497 e. The molecule has 1 atom stereocenters. The number of aromatic nitrogens is 1. The highest BCUT2D eigenvalue weighted by Crippen LogP contribution is 2.30. The summed E-state index contributed by atoms with van der Waals surface area (Å²) in [4.78, 5) is 17.2. The minimum Gasteiger partial charge on any atom is -0.497 e. The van der Waals surface area contributed by atoms with Gasteiger partial charge in [-0.15, -0.1) is 0 Å². The number of methoxy groups -OCH3 is 4. The van der Waals surface area contributed by atoms with Crippen molar-refractivity contribution in [2.45, 2.75) is 4.90 Å². The molecule has 1 amide bonds. The van der Waals surface area contributed by atoms with Crippen molar-refractivity contribution in [1.29, 1.82) is 0 Å². The first-order chi connectivity index (χ1) is 16.3. The fourth-order valence-corrected chi connectivity index (χ4v) is 4.14. The van der Waals surface area contributed by atoms with Crippen molar-refractivity contribution in [3.05, 3.63) is 71.5 Å². The number of amides is 1. The van der Waals surface area contributed by atoms with Crippen molar-refractivity contribution in [1.82, 2.24) is 4.98 Å². The average molecular weight is 481 g/mol. The standard InChI is InChI=1S/C25H24N2O6S/c1-30-20-11-17(12-21(13-20)31-2)6-7-18-10-19(16-26-15-18)25(28)27-34(5,29)22-8-9-23(32-3)24(14-22)33-4/h8-16H,1-5H3. The van der Waals surface area contributed by atoms with Crippen LogP contribution >= 0.6 is 0 Å². The van der Waals surface area contributed by atoms with Crippen molar-refractivity contribution in [3.8, 4) is 34.8 Å². The third kappa shape index (κ3) is 5.85. The number of nitrogens with zero attached hydrogens (tertiary/aromatic N) is 2. The molecule has 176 valence electrons. The molecule has 1 unspecified atom stereocenters. The molecule has 1 heterocycles. The van der Waals surface area contributed by atoms with Crippen molar-refractivity contribution < 1.29 is 28.0 Å². The Labute approximate surface area is 199 Å². The van der Waals surface area contributed by atoms with Crippen LogP contribution in [0.25, 0.3) is 0 Å². The molecule has 0 aliphatic heterocycles. The third-order valence-electron chi connectivity index (χ3n) is 4.74. The smallest absolute Gasteiger partial charge is 0.286 e. The summed E-state index contributed by atoms with van der Waals surface area (Å²) in [5.41, 5.74) is 1.34. The van der Waals surface area contributed by atoms with E-state index in [-0.39, 0.29) is 5.56 Å². The molecule has 0 radical (unpaired) electrons. The van der Waals surface area contributed by atoms with E-state index < -0.39 is 15.6 Å². The van der Waals surface area contributed by atoms with E-state index in [1.165, 1.54) is 32.9 Å². The zero-order valence-electron chi connectivity index (χ0n) is 19.4. The van der Waals surface area contributed by atoms with E-state index in [1.807, 2.05) is 0 Å². The van der Waals surface area contributed by atoms with Crippen LogP contribution in [0.2, 0.25) is 0 Å². The Bertz CT molecular complexity index is 1380. The Kier molecular flexibility index (Phi) is 7.76. The molecule has 0 fully saturated rings. The highest BCUT2D eigenvalue weighted by molar-refractivity contribution is 7.93. The molecule has 8 nitrogen and oxygen atoms in total. The molecule has 3 aromatic rings. The molecule has 0 spiro atoms. The lowest BCUT2D eigenvalue weighted by atomic mass is 10.1. The summed E-state index contributed by atoms with van der Waals surface area (Å²) < 4.78 is 38.1. The molecule has 0 N–H and O–H groups in total. The average Bonchev–Trinajstić information content (AvgIpc) is 2.86. The predicted molar refractivity (Wildman–Crippen MR) is 128 cm³/mol. The molecule has 1 aromatic heterocycles. The highest BCUT2D eigenvalue weighted by Gasteiger charge is 2.15. The second-order valence-electron chi connectivity index (χ2n) is 7.03. The quantitative estimate of drug-likeness (QED) is 0.495. The molecule has 0 aliphatic rings. The minimum atomic E-state index is -3.05. The second-order valence-corrected chi connectivity index (χ2v) is 9.29. The van der Waals surface area contributed by atoms with Crippen LogP contribution in [0.1, 0.15) is 21.5 Å². The normalized spacial score (nSPS) is 11.9. The van der Waals surface area contributed by atoms with E-state index in [1.54, 1.807) is 56.7 Å². The van der Waals surface area contributed by atoms with Crippen LogP contribution in [0.4, 0.5) is 0 Å². The molecule has 0 aliphatic carbocycles. The van der Waals surface area contributed by atoms with Gasteiger partial charge in [-0.05, 0) is 30.3 Å². The first kappa shape index (κ1) is 24.6. The van der Waals surface area contributed by atoms with Crippen LogP contribution in [-0.4, -0.2) is 49.8 Å². The summed E-state index contributed by atoms with van der Waals surface area (Å²) in [5.74, 6) is 7.39. The fraction of sp³-hybridized carbons (Fsp3) is 0.200. The number of pyridine rings is 1. The van der Waals surface area contributed by atoms with Gasteiger partial charge >= 0.3 is 0 Å². The first-order valence-electron chi connectivity index (χ1n) is 9.98. The second kappa shape index (κ2) is 10.7. The van der Waals surface area contributed by atoms with Gasteiger partial charge in [-0.25, -0.2) is 4.21 Å². The lowest BCUT2D eigenvalue weighted by Crippen LogP contribution is -2.05. The van der Waals surface area contributed by atoms with Gasteiger partial charge in [0, 0.05) is 41.9 Å². The van der Waals surface area contributed by atoms with Gasteiger partial charge in [0.2, 0.25) is 0 Å². The van der Waals surface area contributed by atoms with E-state index in [0.717, 1.165) is 0 Å². The van der Waals surface area contributed by atoms with Gasteiger partial charge in [0.1, 0.15) is 11.5 Å². The predicted octanol–water partition coefficient (Wildman–Crippen LogP) is 3.81. The monoisotopic (exact) mass is 480 g/mol. The van der Waals surface area contributed by atoms with E-state index in [4.69, 9.17) is 18.9 Å². The van der Waals surface area contributed by atoms with E-state index >= 15 is 0 Å². The van der Waals surface area contributed by atoms with E-state index in [0.29, 0.717) is 39.0 Å². The van der Waals surface area contributed by atoms with Crippen LogP contribution < -0.4 is 18.9 Å². The fourth-order valence-electron chi connectivity index (χ4n) is 2.96. The lowest BCUT2D eigenvalue weighted by Gasteiger charge is -2.10. The van der Waals surface area contributed by atoms with Crippen LogP contribution in [0, 0.1) is 11.8 Å². The zero-order valence-corrected chi connectivity index (χ0v) is 20.3. The number of benzene rings is 2. The Morgan fingerprint density at radius 1 is 0.824 bits per heavy atom. The summed E-state index contributed by atoms with van der Waals surface area (Å²) in [6.45, 7) is 0. The van der Waals surface area contributed by atoms with Crippen LogP contribution in [0.5, 0.6) is 23.0 Å². The summed E-state index contributed by atoms with van der Waals surface area (Å²) in [6.07, 6.45) is 4.27. The zero-order chi connectivity index (χ0) is 24.7. The highest BCUT2D eigenvalue weighted by atomic mass is 32.2. The number of hydrogen-bond acceptors (Lipinski definition) is 7. The maximum Gasteiger partial charge on any atom is 0.286 e. The summed E-state index contributed by atoms with van der Waals surface area (Å²) in [5, 5.41) is 0. The summed E-state index contributed by atoms with van der Waals surface area (Å²) >= 11 is 0. The lowest BCUT2D eigenvalue weighted by molar-refractivity contribution is 0.100. The molecular weight excluding hydrogens is 456 g/mol. The van der Waals surface area contributed by atoms with Crippen molar-refractivity contribution in [3.63, 3.8) is 0 Å². The van der Waals surface area contributed by atoms with Gasteiger partial charge in [-0.2, -0.15) is 4.36 Å². The van der Waals surface area contributed by atoms with E-state index in [2.05, 4.69) is 21.2 Å². The SMILES string of the molecule is COc1cc(C#Cc2cncc(C(=O)N=S(C)(=O)c3ccc(OC)c(OC)c3)c2)cc(OC)c1. The maximum absolute atomic E-state index is 13.2. The molecule has 0 saturated carbocycles. The number of rotatable bonds is 6. The number of carbonyl (C=O) groups is 1. The molecule has 3 rings (SSSR count). The summed E-state index contributed by atoms with van der Waals surface area (Å²) in [7, 11) is 3.04. The summed E-state index contributed by atoms with van der Waals surface area (Å²) in [6, 6.07) is 11.6. The van der Waals surface area contributed by atoms with Gasteiger partial charge in [-0.3, -0.25) is 9.78 Å². The number of ether oxygens (including phenoxy) is 4. The van der Waals surface area contributed by atoms with Crippen molar-refractivity contribution in [2.24, 2.45) is 4.36 Å². The molecule has 0 saturated heterocycles. The van der Waals surface area contributed by atoms with Crippen LogP contribution in [0.15, 0.2) is 64.1 Å². The van der Waals surface area contributed by atoms with Crippen LogP contribution in [-0.2, 0) is 9.73 Å².